The highest BCUT2D eigenvalue weighted by atomic mass is 35.5. The fraction of sp³-hybridized carbons (Fsp3) is 0.409. The molecule has 0 bridgehead atoms. The first-order valence-corrected chi connectivity index (χ1v) is 10.4. The molecule has 1 heterocycles. The smallest absolute Gasteiger partial charge is 0.302 e. The largest absolute Gasteiger partial charge is 0.494 e. The third kappa shape index (κ3) is 3.99. The van der Waals surface area contributed by atoms with Gasteiger partial charge in [0.05, 0.1) is 22.7 Å². The van der Waals surface area contributed by atoms with Crippen LogP contribution in [-0.2, 0) is 7.05 Å². The number of halogens is 2. The van der Waals surface area contributed by atoms with Crippen LogP contribution in [0.1, 0.15) is 38.2 Å². The molecule has 1 aromatic heterocycles. The summed E-state index contributed by atoms with van der Waals surface area (Å²) in [4.78, 5) is 6.65. The van der Waals surface area contributed by atoms with Gasteiger partial charge >= 0.3 is 6.01 Å². The lowest BCUT2D eigenvalue weighted by Gasteiger charge is -2.17. The summed E-state index contributed by atoms with van der Waals surface area (Å²) < 4.78 is 13.6. The first-order valence-electron chi connectivity index (χ1n) is 9.69. The van der Waals surface area contributed by atoms with E-state index in [2.05, 4.69) is 19.9 Å². The van der Waals surface area contributed by atoms with Gasteiger partial charge in [0.1, 0.15) is 11.3 Å². The van der Waals surface area contributed by atoms with Crippen molar-refractivity contribution in [3.63, 3.8) is 0 Å². The first-order chi connectivity index (χ1) is 13.8. The van der Waals surface area contributed by atoms with Gasteiger partial charge in [-0.3, -0.25) is 4.57 Å². The van der Waals surface area contributed by atoms with Crippen LogP contribution in [0.5, 0.6) is 17.5 Å². The van der Waals surface area contributed by atoms with Crippen LogP contribution in [0.3, 0.4) is 0 Å². The summed E-state index contributed by atoms with van der Waals surface area (Å²) in [6.45, 7) is 4.40. The quantitative estimate of drug-likeness (QED) is 0.416. The van der Waals surface area contributed by atoms with Crippen molar-refractivity contribution in [1.82, 2.24) is 9.55 Å². The number of fused-ring (bicyclic) bond motifs is 1. The molecule has 3 aromatic rings. The number of methoxy groups -OCH3 is 1. The van der Waals surface area contributed by atoms with Crippen molar-refractivity contribution in [2.75, 3.05) is 26.1 Å². The average molecular weight is 436 g/mol. The Morgan fingerprint density at radius 2 is 1.72 bits per heavy atom. The number of ether oxygens (including phenoxy) is 2. The second-order valence-corrected chi connectivity index (χ2v) is 8.07. The van der Waals surface area contributed by atoms with Crippen molar-refractivity contribution in [1.29, 1.82) is 0 Å². The average Bonchev–Trinajstić information content (AvgIpc) is 3.02. The standard InChI is InChI=1S/C22H27Cl2N3O2/c1-7-13(8-2)15-9-10-18(28-6)19-20(15)27(5)22(25-19)29-21-16(23)11-14(26(3)4)12-17(21)24/h9-13H,7-8H2,1-6H3. The Bertz CT molecular complexity index is 1000. The van der Waals surface area contributed by atoms with Crippen LogP contribution in [-0.4, -0.2) is 30.8 Å². The van der Waals surface area contributed by atoms with Gasteiger partial charge in [-0.25, -0.2) is 0 Å². The summed E-state index contributed by atoms with van der Waals surface area (Å²) in [6, 6.07) is 8.15. The normalized spacial score (nSPS) is 11.3. The number of hydrogen-bond acceptors (Lipinski definition) is 4. The van der Waals surface area contributed by atoms with E-state index in [1.54, 1.807) is 7.11 Å². The van der Waals surface area contributed by atoms with Crippen LogP contribution in [0.2, 0.25) is 10.0 Å². The summed E-state index contributed by atoms with van der Waals surface area (Å²) in [6.07, 6.45) is 2.09. The minimum atomic E-state index is 0.389. The summed E-state index contributed by atoms with van der Waals surface area (Å²) in [7, 11) is 7.44. The number of imidazole rings is 1. The van der Waals surface area contributed by atoms with Gasteiger partial charge in [0.2, 0.25) is 0 Å². The van der Waals surface area contributed by atoms with E-state index in [4.69, 9.17) is 37.7 Å². The highest BCUT2D eigenvalue weighted by molar-refractivity contribution is 6.37. The van der Waals surface area contributed by atoms with Crippen LogP contribution in [0.15, 0.2) is 24.3 Å². The van der Waals surface area contributed by atoms with E-state index in [0.29, 0.717) is 33.5 Å². The van der Waals surface area contributed by atoms with Crippen LogP contribution in [0, 0.1) is 0 Å². The van der Waals surface area contributed by atoms with E-state index in [1.165, 1.54) is 5.56 Å². The van der Waals surface area contributed by atoms with Crippen molar-refractivity contribution >= 4 is 39.9 Å². The van der Waals surface area contributed by atoms with E-state index in [-0.39, 0.29) is 0 Å². The number of benzene rings is 2. The molecule has 0 saturated heterocycles. The van der Waals surface area contributed by atoms with Crippen LogP contribution >= 0.6 is 23.2 Å². The Balaban J connectivity index is 2.15. The Hall–Kier alpha value is -2.11. The zero-order valence-electron chi connectivity index (χ0n) is 17.7. The summed E-state index contributed by atoms with van der Waals surface area (Å²) in [5, 5.41) is 0.862. The van der Waals surface area contributed by atoms with Gasteiger partial charge in [-0.15, -0.1) is 0 Å². The molecule has 0 unspecified atom stereocenters. The topological polar surface area (TPSA) is 39.5 Å². The molecule has 0 fully saturated rings. The van der Waals surface area contributed by atoms with E-state index in [0.717, 1.165) is 29.6 Å². The summed E-state index contributed by atoms with van der Waals surface area (Å²) in [5.41, 5.74) is 3.91. The number of rotatable bonds is 7. The van der Waals surface area contributed by atoms with E-state index in [1.807, 2.05) is 48.8 Å². The molecule has 0 spiro atoms. The van der Waals surface area contributed by atoms with Crippen LogP contribution in [0.4, 0.5) is 5.69 Å². The highest BCUT2D eigenvalue weighted by Gasteiger charge is 2.22. The Morgan fingerprint density at radius 1 is 1.10 bits per heavy atom. The third-order valence-electron chi connectivity index (χ3n) is 5.31. The summed E-state index contributed by atoms with van der Waals surface area (Å²) in [5.74, 6) is 1.53. The fourth-order valence-corrected chi connectivity index (χ4v) is 4.16. The molecule has 2 aromatic carbocycles. The molecule has 5 nitrogen and oxygen atoms in total. The maximum atomic E-state index is 6.47. The van der Waals surface area contributed by atoms with Gasteiger partial charge in [0.25, 0.3) is 0 Å². The molecule has 7 heteroatoms. The van der Waals surface area contributed by atoms with E-state index < -0.39 is 0 Å². The zero-order chi connectivity index (χ0) is 21.3. The maximum absolute atomic E-state index is 6.47. The lowest BCUT2D eigenvalue weighted by atomic mass is 9.92. The summed E-state index contributed by atoms with van der Waals surface area (Å²) >= 11 is 12.9. The Kier molecular flexibility index (Phi) is 6.49. The molecule has 29 heavy (non-hydrogen) atoms. The molecular weight excluding hydrogens is 409 g/mol. The van der Waals surface area contributed by atoms with Gasteiger partial charge in [0.15, 0.2) is 5.75 Å². The number of nitrogens with zero attached hydrogens (tertiary/aromatic N) is 3. The zero-order valence-corrected chi connectivity index (χ0v) is 19.2. The van der Waals surface area contributed by atoms with Crippen LogP contribution in [0.25, 0.3) is 11.0 Å². The van der Waals surface area contributed by atoms with Gasteiger partial charge in [0, 0.05) is 26.8 Å². The highest BCUT2D eigenvalue weighted by Crippen LogP contribution is 2.42. The Labute approximate surface area is 182 Å². The lowest BCUT2D eigenvalue weighted by Crippen LogP contribution is -2.08. The first kappa shape index (κ1) is 21.6. The van der Waals surface area contributed by atoms with E-state index in [9.17, 15) is 0 Å². The molecule has 0 aliphatic carbocycles. The second kappa shape index (κ2) is 8.72. The molecule has 0 saturated carbocycles. The molecule has 156 valence electrons. The number of aromatic nitrogens is 2. The van der Waals surface area contributed by atoms with Gasteiger partial charge in [-0.05, 0) is 42.5 Å². The van der Waals surface area contributed by atoms with Crippen molar-refractivity contribution in [3.05, 3.63) is 39.9 Å². The molecule has 3 rings (SSSR count). The molecule has 0 atom stereocenters. The fourth-order valence-electron chi connectivity index (χ4n) is 3.61. The molecular formula is C22H27Cl2N3O2. The minimum absolute atomic E-state index is 0.389. The molecule has 0 radical (unpaired) electrons. The monoisotopic (exact) mass is 435 g/mol. The maximum Gasteiger partial charge on any atom is 0.302 e. The third-order valence-corrected chi connectivity index (χ3v) is 5.87. The van der Waals surface area contributed by atoms with Gasteiger partial charge in [-0.1, -0.05) is 43.1 Å². The predicted octanol–water partition coefficient (Wildman–Crippen LogP) is 6.65. The predicted molar refractivity (Wildman–Crippen MR) is 121 cm³/mol. The molecule has 0 aliphatic rings. The molecule has 0 amide bonds. The number of anilines is 1. The minimum Gasteiger partial charge on any atom is -0.494 e. The van der Waals surface area contributed by atoms with Gasteiger partial charge < -0.3 is 14.4 Å². The van der Waals surface area contributed by atoms with Gasteiger partial charge in [-0.2, -0.15) is 4.98 Å². The molecule has 0 aliphatic heterocycles. The van der Waals surface area contributed by atoms with Crippen molar-refractivity contribution in [2.24, 2.45) is 7.05 Å². The Morgan fingerprint density at radius 3 is 2.24 bits per heavy atom. The SMILES string of the molecule is CCC(CC)c1ccc(OC)c2nc(Oc3c(Cl)cc(N(C)C)cc3Cl)n(C)c12. The lowest BCUT2D eigenvalue weighted by molar-refractivity contribution is 0.416. The van der Waals surface area contributed by atoms with Crippen molar-refractivity contribution in [2.45, 2.75) is 32.6 Å². The van der Waals surface area contributed by atoms with E-state index >= 15 is 0 Å². The van der Waals surface area contributed by atoms with Crippen LogP contribution < -0.4 is 14.4 Å². The number of hydrogen-bond donors (Lipinski definition) is 0. The van der Waals surface area contributed by atoms with Crippen molar-refractivity contribution < 1.29 is 9.47 Å². The second-order valence-electron chi connectivity index (χ2n) is 7.26. The molecule has 0 N–H and O–H groups in total. The number of aryl methyl sites for hydroxylation is 1. The van der Waals surface area contributed by atoms with Crippen molar-refractivity contribution in [3.8, 4) is 17.5 Å².